The molecule has 0 saturated carbocycles. The SMILES string of the molecule is CNCc1cnc(C)cc1-n1cc(C(F)(F)F)cn1. The third-order valence-corrected chi connectivity index (χ3v) is 2.62. The molecule has 1 N–H and O–H groups in total. The summed E-state index contributed by atoms with van der Waals surface area (Å²) in [6, 6.07) is 1.71. The molecule has 0 aliphatic carbocycles. The van der Waals surface area contributed by atoms with Crippen LogP contribution < -0.4 is 5.32 Å². The average Bonchev–Trinajstić information content (AvgIpc) is 2.80. The van der Waals surface area contributed by atoms with E-state index < -0.39 is 11.7 Å². The summed E-state index contributed by atoms with van der Waals surface area (Å²) in [6.45, 7) is 2.28. The minimum atomic E-state index is -4.39. The first-order valence-electron chi connectivity index (χ1n) is 5.64. The topological polar surface area (TPSA) is 42.7 Å². The predicted octanol–water partition coefficient (Wildman–Crippen LogP) is 2.31. The minimum Gasteiger partial charge on any atom is -0.316 e. The molecule has 0 aliphatic rings. The van der Waals surface area contributed by atoms with E-state index in [0.29, 0.717) is 12.2 Å². The lowest BCUT2D eigenvalue weighted by molar-refractivity contribution is -0.137. The van der Waals surface area contributed by atoms with Crippen molar-refractivity contribution >= 4 is 0 Å². The Labute approximate surface area is 108 Å². The van der Waals surface area contributed by atoms with E-state index >= 15 is 0 Å². The number of nitrogens with one attached hydrogen (secondary N) is 1. The van der Waals surface area contributed by atoms with Crippen molar-refractivity contribution in [2.45, 2.75) is 19.6 Å². The Kier molecular flexibility index (Phi) is 3.57. The first-order valence-corrected chi connectivity index (χ1v) is 5.64. The third-order valence-electron chi connectivity index (χ3n) is 2.62. The molecule has 2 aromatic heterocycles. The van der Waals surface area contributed by atoms with Crippen LogP contribution in [0.1, 0.15) is 16.8 Å². The molecule has 0 radical (unpaired) electrons. The second-order valence-corrected chi connectivity index (χ2v) is 4.16. The molecule has 0 amide bonds. The van der Waals surface area contributed by atoms with Gasteiger partial charge in [0.05, 0.1) is 17.4 Å². The van der Waals surface area contributed by atoms with Gasteiger partial charge in [-0.05, 0) is 20.0 Å². The number of halogens is 3. The number of hydrogen-bond acceptors (Lipinski definition) is 3. The zero-order valence-corrected chi connectivity index (χ0v) is 10.5. The van der Waals surface area contributed by atoms with Crippen molar-refractivity contribution in [2.24, 2.45) is 0 Å². The Morgan fingerprint density at radius 2 is 2.05 bits per heavy atom. The average molecular weight is 270 g/mol. The fourth-order valence-corrected chi connectivity index (χ4v) is 1.71. The zero-order chi connectivity index (χ0) is 14.0. The quantitative estimate of drug-likeness (QED) is 0.930. The van der Waals surface area contributed by atoms with Crippen LogP contribution in [0, 0.1) is 6.92 Å². The van der Waals surface area contributed by atoms with Crippen LogP contribution in [0.5, 0.6) is 0 Å². The molecule has 0 bridgehead atoms. The fraction of sp³-hybridized carbons (Fsp3) is 0.333. The maximum absolute atomic E-state index is 12.6. The van der Waals surface area contributed by atoms with Crippen molar-refractivity contribution in [3.63, 3.8) is 0 Å². The van der Waals surface area contributed by atoms with Gasteiger partial charge in [-0.25, -0.2) is 4.68 Å². The van der Waals surface area contributed by atoms with Crippen molar-refractivity contribution in [1.82, 2.24) is 20.1 Å². The molecule has 0 saturated heterocycles. The highest BCUT2D eigenvalue weighted by molar-refractivity contribution is 5.40. The summed E-state index contributed by atoms with van der Waals surface area (Å²) in [4.78, 5) is 4.14. The standard InChI is InChI=1S/C12H13F3N4/c1-8-3-11(9(4-16-2)5-17-8)19-7-10(6-18-19)12(13,14)15/h3,5-7,16H,4H2,1-2H3. The minimum absolute atomic E-state index is 0.504. The Hall–Kier alpha value is -1.89. The number of rotatable bonds is 3. The van der Waals surface area contributed by atoms with Crippen molar-refractivity contribution in [3.05, 3.63) is 41.5 Å². The summed E-state index contributed by atoms with van der Waals surface area (Å²) in [5.74, 6) is 0. The highest BCUT2D eigenvalue weighted by Gasteiger charge is 2.32. The summed E-state index contributed by atoms with van der Waals surface area (Å²) in [5.41, 5.74) is 1.33. The van der Waals surface area contributed by atoms with Crippen LogP contribution in [0.3, 0.4) is 0 Å². The van der Waals surface area contributed by atoms with Gasteiger partial charge in [0.15, 0.2) is 0 Å². The molecular formula is C12H13F3N4. The van der Waals surface area contributed by atoms with Crippen LogP contribution >= 0.6 is 0 Å². The molecule has 0 aliphatic heterocycles. The summed E-state index contributed by atoms with van der Waals surface area (Å²) < 4.78 is 38.9. The number of pyridine rings is 1. The van der Waals surface area contributed by atoms with E-state index in [9.17, 15) is 13.2 Å². The second-order valence-electron chi connectivity index (χ2n) is 4.16. The van der Waals surface area contributed by atoms with Gasteiger partial charge in [0.2, 0.25) is 0 Å². The molecule has 0 aromatic carbocycles. The lowest BCUT2D eigenvalue weighted by Crippen LogP contribution is -2.10. The lowest BCUT2D eigenvalue weighted by Gasteiger charge is -2.09. The van der Waals surface area contributed by atoms with E-state index in [4.69, 9.17) is 0 Å². The van der Waals surface area contributed by atoms with Gasteiger partial charge < -0.3 is 5.32 Å². The molecule has 7 heteroatoms. The fourth-order valence-electron chi connectivity index (χ4n) is 1.71. The summed E-state index contributed by atoms with van der Waals surface area (Å²) in [6.07, 6.45) is -0.952. The van der Waals surface area contributed by atoms with Crippen molar-refractivity contribution in [2.75, 3.05) is 7.05 Å². The van der Waals surface area contributed by atoms with Crippen molar-refractivity contribution in [1.29, 1.82) is 0 Å². The van der Waals surface area contributed by atoms with Crippen LogP contribution in [-0.4, -0.2) is 21.8 Å². The van der Waals surface area contributed by atoms with E-state index in [2.05, 4.69) is 15.4 Å². The summed E-state index contributed by atoms with van der Waals surface area (Å²) in [7, 11) is 1.76. The van der Waals surface area contributed by atoms with Crippen molar-refractivity contribution < 1.29 is 13.2 Å². The number of aromatic nitrogens is 3. The molecule has 0 atom stereocenters. The molecule has 0 unspecified atom stereocenters. The van der Waals surface area contributed by atoms with Gasteiger partial charge >= 0.3 is 6.18 Å². The molecule has 2 aromatic rings. The third kappa shape index (κ3) is 2.93. The second kappa shape index (κ2) is 5.00. The van der Waals surface area contributed by atoms with Crippen LogP contribution in [0.4, 0.5) is 13.2 Å². The van der Waals surface area contributed by atoms with Crippen LogP contribution in [0.2, 0.25) is 0 Å². The summed E-state index contributed by atoms with van der Waals surface area (Å²) in [5, 5.41) is 6.73. The van der Waals surface area contributed by atoms with Gasteiger partial charge in [-0.3, -0.25) is 4.98 Å². The summed E-state index contributed by atoms with van der Waals surface area (Å²) >= 11 is 0. The van der Waals surface area contributed by atoms with E-state index in [1.165, 1.54) is 4.68 Å². The number of alkyl halides is 3. The molecule has 4 nitrogen and oxygen atoms in total. The Morgan fingerprint density at radius 1 is 1.32 bits per heavy atom. The molecule has 0 spiro atoms. The van der Waals surface area contributed by atoms with E-state index in [1.807, 2.05) is 0 Å². The first-order chi connectivity index (χ1) is 8.91. The van der Waals surface area contributed by atoms with Gasteiger partial charge in [0.25, 0.3) is 0 Å². The largest absolute Gasteiger partial charge is 0.419 e. The van der Waals surface area contributed by atoms with E-state index in [1.54, 1.807) is 26.2 Å². The van der Waals surface area contributed by atoms with E-state index in [0.717, 1.165) is 23.7 Å². The number of hydrogen-bond donors (Lipinski definition) is 1. The monoisotopic (exact) mass is 270 g/mol. The zero-order valence-electron chi connectivity index (χ0n) is 10.5. The van der Waals surface area contributed by atoms with Gasteiger partial charge in [0.1, 0.15) is 0 Å². The highest BCUT2D eigenvalue weighted by Crippen LogP contribution is 2.29. The maximum Gasteiger partial charge on any atom is 0.419 e. The Morgan fingerprint density at radius 3 is 2.63 bits per heavy atom. The molecule has 2 rings (SSSR count). The van der Waals surface area contributed by atoms with Crippen LogP contribution in [0.25, 0.3) is 5.69 Å². The number of nitrogens with zero attached hydrogens (tertiary/aromatic N) is 3. The number of aryl methyl sites for hydroxylation is 1. The molecule has 0 fully saturated rings. The van der Waals surface area contributed by atoms with E-state index in [-0.39, 0.29) is 0 Å². The molecule has 2 heterocycles. The normalized spacial score (nSPS) is 11.8. The van der Waals surface area contributed by atoms with Crippen LogP contribution in [-0.2, 0) is 12.7 Å². The van der Waals surface area contributed by atoms with Gasteiger partial charge in [0, 0.05) is 30.2 Å². The van der Waals surface area contributed by atoms with Gasteiger partial charge in [-0.1, -0.05) is 0 Å². The smallest absolute Gasteiger partial charge is 0.316 e. The van der Waals surface area contributed by atoms with Crippen LogP contribution in [0.15, 0.2) is 24.7 Å². The van der Waals surface area contributed by atoms with Gasteiger partial charge in [-0.2, -0.15) is 18.3 Å². The predicted molar refractivity (Wildman–Crippen MR) is 63.9 cm³/mol. The molecule has 19 heavy (non-hydrogen) atoms. The van der Waals surface area contributed by atoms with Gasteiger partial charge in [-0.15, -0.1) is 0 Å². The first kappa shape index (κ1) is 13.5. The lowest BCUT2D eigenvalue weighted by atomic mass is 10.2. The molecular weight excluding hydrogens is 257 g/mol. The maximum atomic E-state index is 12.6. The Bertz CT molecular complexity index is 575. The highest BCUT2D eigenvalue weighted by atomic mass is 19.4. The Balaban J connectivity index is 2.46. The molecule has 102 valence electrons. The van der Waals surface area contributed by atoms with Crippen molar-refractivity contribution in [3.8, 4) is 5.69 Å².